The van der Waals surface area contributed by atoms with Gasteiger partial charge in [0.2, 0.25) is 0 Å². The molecule has 8 bridgehead atoms. The van der Waals surface area contributed by atoms with E-state index in [-0.39, 0.29) is 6.61 Å². The Kier molecular flexibility index (Phi) is 8.35. The first-order valence-electron chi connectivity index (χ1n) is 17.7. The first kappa shape index (κ1) is 32.4. The van der Waals surface area contributed by atoms with E-state index < -0.39 is 5.97 Å². The van der Waals surface area contributed by atoms with Crippen molar-refractivity contribution in [3.8, 4) is 56.9 Å². The zero-order valence-electron chi connectivity index (χ0n) is 29.1. The second-order valence-electron chi connectivity index (χ2n) is 13.0. The van der Waals surface area contributed by atoms with Gasteiger partial charge in [-0.1, -0.05) is 109 Å². The molecule has 2 aliphatic rings. The monoisotopic (exact) mass is 696 g/mol. The number of hydrogen-bond donors (Lipinski definition) is 2. The van der Waals surface area contributed by atoms with Crippen molar-refractivity contribution in [1.29, 1.82) is 0 Å². The lowest BCUT2D eigenvalue weighted by atomic mass is 10.0. The van der Waals surface area contributed by atoms with Gasteiger partial charge in [0.25, 0.3) is 0 Å². The highest BCUT2D eigenvalue weighted by Gasteiger charge is 2.19. The second kappa shape index (κ2) is 13.9. The summed E-state index contributed by atoms with van der Waals surface area (Å²) >= 11 is 0. The fraction of sp³-hybridized carbons (Fsp3) is 0.0208. The van der Waals surface area contributed by atoms with Gasteiger partial charge in [0, 0.05) is 44.3 Å². The third-order valence-corrected chi connectivity index (χ3v) is 9.64. The smallest absolute Gasteiger partial charge is 0.339 e. The quantitative estimate of drug-likeness (QED) is 0.134. The van der Waals surface area contributed by atoms with Gasteiger partial charge in [-0.25, -0.2) is 14.8 Å². The number of nitrogens with one attached hydrogen (secondary N) is 2. The molecule has 5 heterocycles. The van der Waals surface area contributed by atoms with Crippen LogP contribution < -0.4 is 0 Å². The van der Waals surface area contributed by atoms with Crippen molar-refractivity contribution < 1.29 is 9.53 Å². The van der Waals surface area contributed by atoms with E-state index in [0.717, 1.165) is 89.4 Å². The predicted molar refractivity (Wildman–Crippen MR) is 220 cm³/mol. The molecule has 6 heteroatoms. The molecule has 3 aromatic heterocycles. The van der Waals surface area contributed by atoms with E-state index >= 15 is 0 Å². The molecular formula is C48H32N4O2. The molecule has 4 aromatic carbocycles. The van der Waals surface area contributed by atoms with Crippen LogP contribution in [0.5, 0.6) is 0 Å². The SMILES string of the molecule is C#CCOC(=O)c1ccc(-c2c3nc(c(-c4ccccc4)c4ccc([nH]4)c(-c4ccccc4)c4nc(c(-c5ccccc5)c5ccc2[nH]5)C=C4)C=C3)cc1. The maximum absolute atomic E-state index is 12.6. The van der Waals surface area contributed by atoms with Crippen LogP contribution in [-0.4, -0.2) is 32.5 Å². The summed E-state index contributed by atoms with van der Waals surface area (Å²) in [6.07, 6.45) is 13.6. The Hall–Kier alpha value is -7.49. The first-order valence-corrected chi connectivity index (χ1v) is 17.7. The summed E-state index contributed by atoms with van der Waals surface area (Å²) in [5.74, 6) is 1.88. The van der Waals surface area contributed by atoms with Gasteiger partial charge in [-0.05, 0) is 83.0 Å². The van der Waals surface area contributed by atoms with Gasteiger partial charge in [0.1, 0.15) is 0 Å². The summed E-state index contributed by atoms with van der Waals surface area (Å²) in [6, 6.07) is 46.8. The minimum atomic E-state index is -0.470. The number of hydrogen-bond acceptors (Lipinski definition) is 4. The topological polar surface area (TPSA) is 83.7 Å². The number of carbonyl (C=O) groups is 1. The lowest BCUT2D eigenvalue weighted by Crippen LogP contribution is -2.04. The van der Waals surface area contributed by atoms with Crippen LogP contribution in [0.15, 0.2) is 140 Å². The van der Waals surface area contributed by atoms with E-state index in [1.807, 2.05) is 54.6 Å². The molecule has 0 atom stereocenters. The van der Waals surface area contributed by atoms with Crippen LogP contribution in [0.3, 0.4) is 0 Å². The van der Waals surface area contributed by atoms with Crippen LogP contribution in [0.2, 0.25) is 0 Å². The number of nitrogens with zero attached hydrogens (tertiary/aromatic N) is 2. The minimum absolute atomic E-state index is 0.0858. The average molecular weight is 697 g/mol. The number of esters is 1. The summed E-state index contributed by atoms with van der Waals surface area (Å²) in [5.41, 5.74) is 15.2. The van der Waals surface area contributed by atoms with E-state index in [9.17, 15) is 4.79 Å². The maximum atomic E-state index is 12.6. The maximum Gasteiger partial charge on any atom is 0.339 e. The molecular weight excluding hydrogens is 665 g/mol. The van der Waals surface area contributed by atoms with E-state index in [0.29, 0.717) is 5.56 Å². The predicted octanol–water partition coefficient (Wildman–Crippen LogP) is 11.1. The second-order valence-corrected chi connectivity index (χ2v) is 13.0. The summed E-state index contributed by atoms with van der Waals surface area (Å²) < 4.78 is 5.19. The summed E-state index contributed by atoms with van der Waals surface area (Å²) in [7, 11) is 0. The molecule has 7 aromatic rings. The molecule has 0 aliphatic carbocycles. The van der Waals surface area contributed by atoms with Gasteiger partial charge in [0.15, 0.2) is 6.61 Å². The van der Waals surface area contributed by atoms with Crippen LogP contribution in [0.1, 0.15) is 33.1 Å². The third kappa shape index (κ3) is 6.00. The standard InChI is InChI=1S/C48H32N4O2/c1-2-30-54-48(53)35-20-18-34(19-21-35)47-42-28-26-40(51-42)45(32-14-8-4-9-15-32)38-24-22-36(49-38)44(31-12-6-3-7-13-31)37-23-25-39(50-37)46(33-16-10-5-11-17-33)41-27-29-43(47)52-41/h1,3-29,49,52H,30H2. The highest BCUT2D eigenvalue weighted by molar-refractivity contribution is 6.00. The van der Waals surface area contributed by atoms with E-state index in [1.54, 1.807) is 12.1 Å². The fourth-order valence-electron chi connectivity index (χ4n) is 7.20. The Morgan fingerprint density at radius 2 is 0.815 bits per heavy atom. The zero-order chi connectivity index (χ0) is 36.4. The van der Waals surface area contributed by atoms with Gasteiger partial charge in [-0.15, -0.1) is 6.42 Å². The summed E-state index contributed by atoms with van der Waals surface area (Å²) in [4.78, 5) is 30.9. The Morgan fingerprint density at radius 1 is 0.481 bits per heavy atom. The number of carbonyl (C=O) groups excluding carboxylic acids is 1. The Balaban J connectivity index is 1.41. The molecule has 0 radical (unpaired) electrons. The molecule has 0 spiro atoms. The highest BCUT2D eigenvalue weighted by Crippen LogP contribution is 2.38. The van der Waals surface area contributed by atoms with Crippen LogP contribution >= 0.6 is 0 Å². The van der Waals surface area contributed by atoms with Crippen LogP contribution in [-0.2, 0) is 4.74 Å². The molecule has 6 nitrogen and oxygen atoms in total. The van der Waals surface area contributed by atoms with Crippen molar-refractivity contribution in [1.82, 2.24) is 19.9 Å². The number of fused-ring (bicyclic) bond motifs is 8. The van der Waals surface area contributed by atoms with Crippen molar-refractivity contribution >= 4 is 52.3 Å². The minimum Gasteiger partial charge on any atom is -0.449 e. The summed E-state index contributed by atoms with van der Waals surface area (Å²) in [5, 5.41) is 0. The van der Waals surface area contributed by atoms with Gasteiger partial charge in [0.05, 0.1) is 28.3 Å². The third-order valence-electron chi connectivity index (χ3n) is 9.64. The number of terminal acetylenes is 1. The Morgan fingerprint density at radius 3 is 1.15 bits per heavy atom. The van der Waals surface area contributed by atoms with E-state index in [1.165, 1.54) is 0 Å². The van der Waals surface area contributed by atoms with Gasteiger partial charge >= 0.3 is 5.97 Å². The van der Waals surface area contributed by atoms with Crippen molar-refractivity contribution in [3.05, 3.63) is 168 Å². The normalized spacial score (nSPS) is 11.7. The number of benzene rings is 4. The van der Waals surface area contributed by atoms with Crippen LogP contribution in [0.4, 0.5) is 0 Å². The Labute approximate surface area is 312 Å². The van der Waals surface area contributed by atoms with Crippen molar-refractivity contribution in [2.75, 3.05) is 6.61 Å². The van der Waals surface area contributed by atoms with Gasteiger partial charge < -0.3 is 14.7 Å². The molecule has 2 aliphatic heterocycles. The molecule has 0 amide bonds. The van der Waals surface area contributed by atoms with Crippen molar-refractivity contribution in [2.45, 2.75) is 0 Å². The van der Waals surface area contributed by atoms with Crippen LogP contribution in [0.25, 0.3) is 90.9 Å². The van der Waals surface area contributed by atoms with E-state index in [4.69, 9.17) is 21.1 Å². The molecule has 256 valence electrons. The summed E-state index contributed by atoms with van der Waals surface area (Å²) in [6.45, 7) is -0.0858. The first-order chi connectivity index (χ1) is 26.6. The molecule has 0 fully saturated rings. The molecule has 54 heavy (non-hydrogen) atoms. The van der Waals surface area contributed by atoms with Crippen LogP contribution in [0, 0.1) is 12.3 Å². The fourth-order valence-corrected chi connectivity index (χ4v) is 7.20. The number of ether oxygens (including phenoxy) is 1. The average Bonchev–Trinajstić information content (AvgIpc) is 4.07. The number of aromatic amines is 2. The number of H-pyrrole nitrogens is 2. The molecule has 0 saturated heterocycles. The molecule has 9 rings (SSSR count). The Bertz CT molecular complexity index is 2790. The van der Waals surface area contributed by atoms with Gasteiger partial charge in [-0.2, -0.15) is 0 Å². The van der Waals surface area contributed by atoms with Crippen molar-refractivity contribution in [3.63, 3.8) is 0 Å². The lowest BCUT2D eigenvalue weighted by molar-refractivity contribution is 0.0557. The number of aromatic nitrogens is 4. The highest BCUT2D eigenvalue weighted by atomic mass is 16.5. The molecule has 0 unspecified atom stereocenters. The van der Waals surface area contributed by atoms with Crippen molar-refractivity contribution in [2.24, 2.45) is 0 Å². The largest absolute Gasteiger partial charge is 0.449 e. The molecule has 2 N–H and O–H groups in total. The zero-order valence-corrected chi connectivity index (χ0v) is 29.1. The van der Waals surface area contributed by atoms with E-state index in [2.05, 4.69) is 113 Å². The van der Waals surface area contributed by atoms with Gasteiger partial charge in [-0.3, -0.25) is 0 Å². The number of rotatable bonds is 6. The molecule has 0 saturated carbocycles. The lowest BCUT2D eigenvalue weighted by Gasteiger charge is -2.07.